The summed E-state index contributed by atoms with van der Waals surface area (Å²) in [5.74, 6) is 0. The molecule has 3 nitrogen and oxygen atoms in total. The summed E-state index contributed by atoms with van der Waals surface area (Å²) >= 11 is 0. The van der Waals surface area contributed by atoms with E-state index in [0.29, 0.717) is 0 Å². The molecule has 39 heavy (non-hydrogen) atoms. The van der Waals surface area contributed by atoms with Gasteiger partial charge < -0.3 is 13.9 Å². The van der Waals surface area contributed by atoms with Gasteiger partial charge in [0.15, 0.2) is 0 Å². The molecule has 0 radical (unpaired) electrons. The van der Waals surface area contributed by atoms with E-state index in [2.05, 4.69) is 143 Å². The van der Waals surface area contributed by atoms with Gasteiger partial charge in [0.25, 0.3) is 0 Å². The number of hydrogen-bond donors (Lipinski definition) is 0. The van der Waals surface area contributed by atoms with Crippen LogP contribution in [0.25, 0.3) is 39.0 Å². The monoisotopic (exact) mass is 511 g/mol. The second-order valence-corrected chi connectivity index (χ2v) is 12.5. The van der Waals surface area contributed by atoms with E-state index in [1.54, 1.807) is 0 Å². The fraction of sp³-hybridized carbons (Fsp3) is 0.257. The van der Waals surface area contributed by atoms with Gasteiger partial charge in [0.2, 0.25) is 0 Å². The first kappa shape index (κ1) is 24.4. The topological polar surface area (TPSA) is 23.4 Å². The zero-order valence-corrected chi connectivity index (χ0v) is 23.6. The number of para-hydroxylation sites is 1. The summed E-state index contributed by atoms with van der Waals surface area (Å²) in [7, 11) is -0.417. The Morgan fingerprint density at radius 2 is 1.18 bits per heavy atom. The Kier molecular flexibility index (Phi) is 5.14. The van der Waals surface area contributed by atoms with Gasteiger partial charge in [0.1, 0.15) is 0 Å². The zero-order chi connectivity index (χ0) is 27.2. The van der Waals surface area contributed by atoms with Gasteiger partial charge in [-0.15, -0.1) is 0 Å². The van der Waals surface area contributed by atoms with Crippen LogP contribution in [-0.2, 0) is 14.7 Å². The molecule has 1 aliphatic heterocycles. The first-order chi connectivity index (χ1) is 18.6. The Morgan fingerprint density at radius 1 is 0.615 bits per heavy atom. The van der Waals surface area contributed by atoms with E-state index in [1.165, 1.54) is 44.4 Å². The maximum Gasteiger partial charge on any atom is 0.494 e. The van der Waals surface area contributed by atoms with Crippen LogP contribution in [0.4, 0.5) is 0 Å². The Balaban J connectivity index is 1.61. The number of rotatable bonds is 2. The minimum absolute atomic E-state index is 0.163. The molecular weight excluding hydrogens is 477 g/mol. The largest absolute Gasteiger partial charge is 0.494 e. The lowest BCUT2D eigenvalue weighted by Crippen LogP contribution is -2.41. The van der Waals surface area contributed by atoms with Crippen LogP contribution in [0.3, 0.4) is 0 Å². The quantitative estimate of drug-likeness (QED) is 0.225. The maximum absolute atomic E-state index is 6.49. The van der Waals surface area contributed by atoms with E-state index in [0.717, 1.165) is 11.2 Å². The van der Waals surface area contributed by atoms with Crippen LogP contribution >= 0.6 is 0 Å². The van der Waals surface area contributed by atoms with Crippen LogP contribution in [0.5, 0.6) is 0 Å². The summed E-state index contributed by atoms with van der Waals surface area (Å²) in [6.07, 6.45) is 0. The lowest BCUT2D eigenvalue weighted by atomic mass is 9.75. The summed E-state index contributed by atoms with van der Waals surface area (Å²) in [4.78, 5) is 0. The van der Waals surface area contributed by atoms with Gasteiger partial charge in [-0.1, -0.05) is 92.7 Å². The van der Waals surface area contributed by atoms with Crippen molar-refractivity contribution in [3.05, 3.63) is 108 Å². The molecule has 1 aromatic heterocycles. The van der Waals surface area contributed by atoms with Crippen LogP contribution in [0.15, 0.2) is 97.1 Å². The zero-order valence-electron chi connectivity index (χ0n) is 23.6. The predicted molar refractivity (Wildman–Crippen MR) is 162 cm³/mol. The number of aromatic nitrogens is 1. The summed E-state index contributed by atoms with van der Waals surface area (Å²) in [5, 5.41) is 1.21. The van der Waals surface area contributed by atoms with Gasteiger partial charge in [-0.2, -0.15) is 0 Å². The summed E-state index contributed by atoms with van der Waals surface area (Å²) < 4.78 is 15.4. The third-order valence-electron chi connectivity index (χ3n) is 9.26. The molecule has 2 aliphatic rings. The molecule has 0 saturated carbocycles. The highest BCUT2D eigenvalue weighted by atomic mass is 16.7. The van der Waals surface area contributed by atoms with Gasteiger partial charge in [-0.25, -0.2) is 0 Å². The van der Waals surface area contributed by atoms with Crippen molar-refractivity contribution in [2.24, 2.45) is 0 Å². The fourth-order valence-corrected chi connectivity index (χ4v) is 6.43. The molecule has 0 atom stereocenters. The molecule has 4 aromatic carbocycles. The van der Waals surface area contributed by atoms with Gasteiger partial charge in [0, 0.05) is 27.6 Å². The third kappa shape index (κ3) is 3.45. The smallest absolute Gasteiger partial charge is 0.399 e. The molecule has 0 unspecified atom stereocenters. The van der Waals surface area contributed by atoms with Crippen molar-refractivity contribution >= 4 is 23.5 Å². The van der Waals surface area contributed by atoms with E-state index in [-0.39, 0.29) is 5.41 Å². The molecule has 1 fully saturated rings. The lowest BCUT2D eigenvalue weighted by Gasteiger charge is -2.32. The van der Waals surface area contributed by atoms with Crippen molar-refractivity contribution < 1.29 is 9.31 Å². The summed E-state index contributed by atoms with van der Waals surface area (Å²) in [5.41, 5.74) is 10.1. The van der Waals surface area contributed by atoms with Gasteiger partial charge in [0.05, 0.1) is 22.4 Å². The molecule has 0 N–H and O–H groups in total. The fourth-order valence-electron chi connectivity index (χ4n) is 6.43. The lowest BCUT2D eigenvalue weighted by molar-refractivity contribution is 0.00578. The Morgan fingerprint density at radius 3 is 1.85 bits per heavy atom. The molecule has 1 saturated heterocycles. The number of hydrogen-bond acceptors (Lipinski definition) is 2. The van der Waals surface area contributed by atoms with E-state index >= 15 is 0 Å². The predicted octanol–water partition coefficient (Wildman–Crippen LogP) is 7.90. The first-order valence-electron chi connectivity index (χ1n) is 13.9. The molecule has 194 valence electrons. The van der Waals surface area contributed by atoms with E-state index in [1.807, 2.05) is 0 Å². The molecule has 2 heterocycles. The molecular formula is C35H34BNO2. The average Bonchev–Trinajstić information content (AvgIpc) is 3.35. The number of nitrogens with zero attached hydrogens (tertiary/aromatic N) is 1. The van der Waals surface area contributed by atoms with Crippen LogP contribution in [-0.4, -0.2) is 22.9 Å². The highest BCUT2D eigenvalue weighted by Crippen LogP contribution is 2.52. The highest BCUT2D eigenvalue weighted by molar-refractivity contribution is 6.62. The Bertz CT molecular complexity index is 1730. The van der Waals surface area contributed by atoms with Gasteiger partial charge >= 0.3 is 7.12 Å². The molecule has 7 rings (SSSR count). The Hall–Kier alpha value is -3.60. The van der Waals surface area contributed by atoms with Gasteiger partial charge in [-0.3, -0.25) is 0 Å². The second kappa shape index (κ2) is 8.20. The number of benzene rings is 4. The minimum Gasteiger partial charge on any atom is -0.399 e. The van der Waals surface area contributed by atoms with Crippen LogP contribution in [0, 0.1) is 0 Å². The molecule has 0 amide bonds. The highest BCUT2D eigenvalue weighted by Gasteiger charge is 2.52. The Labute approximate surface area is 231 Å². The van der Waals surface area contributed by atoms with Crippen molar-refractivity contribution in [2.75, 3.05) is 0 Å². The normalized spacial score (nSPS) is 18.4. The number of fused-ring (bicyclic) bond motifs is 7. The third-order valence-corrected chi connectivity index (χ3v) is 9.26. The van der Waals surface area contributed by atoms with Crippen LogP contribution < -0.4 is 5.46 Å². The summed E-state index contributed by atoms with van der Waals surface area (Å²) in [6, 6.07) is 35.3. The molecule has 0 spiro atoms. The SMILES string of the molecule is CC1(C)c2ccccc2-c2c(n(-c3ccccc3)c3ccc(B4OC(C)(C)C(C)(C)O4)cc23)-c2ccccc21. The van der Waals surface area contributed by atoms with Crippen LogP contribution in [0.2, 0.25) is 0 Å². The van der Waals surface area contributed by atoms with E-state index < -0.39 is 18.3 Å². The van der Waals surface area contributed by atoms with E-state index in [4.69, 9.17) is 9.31 Å². The van der Waals surface area contributed by atoms with Gasteiger partial charge in [-0.05, 0) is 68.0 Å². The van der Waals surface area contributed by atoms with Crippen molar-refractivity contribution in [3.63, 3.8) is 0 Å². The minimum atomic E-state index is -0.417. The maximum atomic E-state index is 6.49. The summed E-state index contributed by atoms with van der Waals surface area (Å²) in [6.45, 7) is 13.1. The molecule has 5 aromatic rings. The second-order valence-electron chi connectivity index (χ2n) is 12.5. The average molecular weight is 511 g/mol. The molecule has 1 aliphatic carbocycles. The molecule has 0 bridgehead atoms. The first-order valence-corrected chi connectivity index (χ1v) is 13.9. The van der Waals surface area contributed by atoms with Crippen molar-refractivity contribution in [1.82, 2.24) is 4.57 Å². The van der Waals surface area contributed by atoms with Crippen molar-refractivity contribution in [3.8, 4) is 28.1 Å². The molecule has 4 heteroatoms. The van der Waals surface area contributed by atoms with E-state index in [9.17, 15) is 0 Å². The van der Waals surface area contributed by atoms with Crippen LogP contribution in [0.1, 0.15) is 52.7 Å². The van der Waals surface area contributed by atoms with Crippen molar-refractivity contribution in [2.45, 2.75) is 58.2 Å². The van der Waals surface area contributed by atoms with Crippen molar-refractivity contribution in [1.29, 1.82) is 0 Å². The standard InChI is InChI=1S/C35H34BNO2/c1-33(2)28-18-12-10-16-25(28)31-27-22-23(36-38-34(3,4)35(5,6)39-36)20-21-30(27)37(24-14-8-7-9-15-24)32(31)26-17-11-13-19-29(26)33/h7-22H,1-6H3.